The van der Waals surface area contributed by atoms with Gasteiger partial charge in [-0.1, -0.05) is 6.92 Å². The van der Waals surface area contributed by atoms with Crippen LogP contribution in [0.3, 0.4) is 0 Å². The van der Waals surface area contributed by atoms with Crippen molar-refractivity contribution in [2.45, 2.75) is 13.3 Å². The SMILES string of the molecule is CCc1nccc2[nH]c(=O)c(Br)cc12. The molecule has 14 heavy (non-hydrogen) atoms. The maximum absolute atomic E-state index is 11.3. The molecule has 0 saturated heterocycles. The minimum atomic E-state index is -0.106. The summed E-state index contributed by atoms with van der Waals surface area (Å²) >= 11 is 3.21. The van der Waals surface area contributed by atoms with Crippen LogP contribution in [0.15, 0.2) is 27.6 Å². The van der Waals surface area contributed by atoms with E-state index in [1.165, 1.54) is 0 Å². The fraction of sp³-hybridized carbons (Fsp3) is 0.200. The number of nitrogens with zero attached hydrogens (tertiary/aromatic N) is 1. The standard InChI is InChI=1S/C10H9BrN2O/c1-2-8-6-5-7(11)10(14)13-9(6)3-4-12-8/h3-5H,2H2,1H3,(H,13,14). The van der Waals surface area contributed by atoms with Crippen molar-refractivity contribution >= 4 is 26.8 Å². The largest absolute Gasteiger partial charge is 0.321 e. The van der Waals surface area contributed by atoms with E-state index in [0.717, 1.165) is 23.0 Å². The van der Waals surface area contributed by atoms with Crippen LogP contribution in [0.1, 0.15) is 12.6 Å². The number of hydrogen-bond donors (Lipinski definition) is 1. The van der Waals surface area contributed by atoms with Crippen LogP contribution >= 0.6 is 15.9 Å². The van der Waals surface area contributed by atoms with Gasteiger partial charge in [0.25, 0.3) is 5.56 Å². The predicted octanol–water partition coefficient (Wildman–Crippen LogP) is 2.25. The van der Waals surface area contributed by atoms with Gasteiger partial charge in [-0.3, -0.25) is 9.78 Å². The molecule has 2 rings (SSSR count). The van der Waals surface area contributed by atoms with Gasteiger partial charge >= 0.3 is 0 Å². The predicted molar refractivity (Wildman–Crippen MR) is 59.4 cm³/mol. The van der Waals surface area contributed by atoms with Gasteiger partial charge in [0, 0.05) is 17.3 Å². The number of rotatable bonds is 1. The van der Waals surface area contributed by atoms with Crippen molar-refractivity contribution in [1.82, 2.24) is 9.97 Å². The monoisotopic (exact) mass is 252 g/mol. The number of aryl methyl sites for hydroxylation is 1. The number of fused-ring (bicyclic) bond motifs is 1. The molecule has 0 amide bonds. The molecule has 0 aliphatic heterocycles. The minimum absolute atomic E-state index is 0.106. The van der Waals surface area contributed by atoms with Crippen molar-refractivity contribution < 1.29 is 0 Å². The summed E-state index contributed by atoms with van der Waals surface area (Å²) in [7, 11) is 0. The van der Waals surface area contributed by atoms with Crippen molar-refractivity contribution in [1.29, 1.82) is 0 Å². The van der Waals surface area contributed by atoms with Crippen LogP contribution in [-0.2, 0) is 6.42 Å². The van der Waals surface area contributed by atoms with Crippen molar-refractivity contribution in [2.24, 2.45) is 0 Å². The Balaban J connectivity index is 2.88. The van der Waals surface area contributed by atoms with Crippen LogP contribution in [0, 0.1) is 0 Å². The van der Waals surface area contributed by atoms with Crippen LogP contribution in [0.2, 0.25) is 0 Å². The molecule has 2 heterocycles. The summed E-state index contributed by atoms with van der Waals surface area (Å²) in [5.41, 5.74) is 1.73. The lowest BCUT2D eigenvalue weighted by Gasteiger charge is -2.02. The molecule has 0 aliphatic carbocycles. The summed E-state index contributed by atoms with van der Waals surface area (Å²) in [6.45, 7) is 2.04. The van der Waals surface area contributed by atoms with Gasteiger partial charge in [0.15, 0.2) is 0 Å². The fourth-order valence-electron chi connectivity index (χ4n) is 1.44. The Morgan fingerprint density at radius 1 is 1.57 bits per heavy atom. The highest BCUT2D eigenvalue weighted by atomic mass is 79.9. The average Bonchev–Trinajstić information content (AvgIpc) is 2.19. The quantitative estimate of drug-likeness (QED) is 0.847. The normalized spacial score (nSPS) is 10.7. The lowest BCUT2D eigenvalue weighted by Crippen LogP contribution is -2.06. The molecule has 0 spiro atoms. The minimum Gasteiger partial charge on any atom is -0.321 e. The number of nitrogens with one attached hydrogen (secondary N) is 1. The van der Waals surface area contributed by atoms with Gasteiger partial charge in [0.1, 0.15) is 0 Å². The summed E-state index contributed by atoms with van der Waals surface area (Å²) in [4.78, 5) is 18.4. The van der Waals surface area contributed by atoms with Gasteiger partial charge in [0.05, 0.1) is 9.99 Å². The zero-order valence-electron chi connectivity index (χ0n) is 7.67. The Bertz CT molecular complexity index is 533. The Labute approximate surface area is 89.3 Å². The molecule has 3 nitrogen and oxygen atoms in total. The molecule has 4 heteroatoms. The van der Waals surface area contributed by atoms with Crippen LogP contribution in [0.4, 0.5) is 0 Å². The second-order valence-corrected chi connectivity index (χ2v) is 3.87. The molecule has 0 unspecified atom stereocenters. The number of aromatic nitrogens is 2. The van der Waals surface area contributed by atoms with Crippen LogP contribution in [0.25, 0.3) is 10.9 Å². The van der Waals surface area contributed by atoms with E-state index in [1.54, 1.807) is 6.20 Å². The van der Waals surface area contributed by atoms with Gasteiger partial charge in [-0.05, 0) is 34.5 Å². The van der Waals surface area contributed by atoms with Crippen molar-refractivity contribution in [2.75, 3.05) is 0 Å². The molecule has 0 saturated carbocycles. The lowest BCUT2D eigenvalue weighted by molar-refractivity contribution is 1.05. The lowest BCUT2D eigenvalue weighted by atomic mass is 10.2. The first-order chi connectivity index (χ1) is 6.72. The summed E-state index contributed by atoms with van der Waals surface area (Å²) in [5, 5.41) is 1.00. The molecule has 2 aromatic rings. The van der Waals surface area contributed by atoms with Crippen LogP contribution < -0.4 is 5.56 Å². The molecular formula is C10H9BrN2O. The molecule has 0 atom stereocenters. The fourth-order valence-corrected chi connectivity index (χ4v) is 1.77. The van der Waals surface area contributed by atoms with E-state index < -0.39 is 0 Å². The Morgan fingerprint density at radius 3 is 3.07 bits per heavy atom. The van der Waals surface area contributed by atoms with Gasteiger partial charge in [0.2, 0.25) is 0 Å². The Hall–Kier alpha value is -1.16. The maximum atomic E-state index is 11.3. The third kappa shape index (κ3) is 1.46. The summed E-state index contributed by atoms with van der Waals surface area (Å²) < 4.78 is 0.549. The van der Waals surface area contributed by atoms with Crippen molar-refractivity contribution in [3.05, 3.63) is 38.9 Å². The van der Waals surface area contributed by atoms with Gasteiger partial charge < -0.3 is 4.98 Å². The van der Waals surface area contributed by atoms with E-state index in [4.69, 9.17) is 0 Å². The molecule has 0 fully saturated rings. The molecule has 2 aromatic heterocycles. The number of H-pyrrole nitrogens is 1. The Kier molecular flexibility index (Phi) is 2.37. The van der Waals surface area contributed by atoms with E-state index in [2.05, 4.69) is 25.9 Å². The zero-order chi connectivity index (χ0) is 10.1. The molecule has 0 radical (unpaired) electrons. The summed E-state index contributed by atoms with van der Waals surface area (Å²) in [5.74, 6) is 0. The molecular weight excluding hydrogens is 244 g/mol. The average molecular weight is 253 g/mol. The molecule has 0 aliphatic rings. The summed E-state index contributed by atoms with van der Waals surface area (Å²) in [6, 6.07) is 3.63. The first kappa shape index (κ1) is 9.40. The number of aromatic amines is 1. The first-order valence-electron chi connectivity index (χ1n) is 4.38. The maximum Gasteiger partial charge on any atom is 0.262 e. The van der Waals surface area contributed by atoms with E-state index >= 15 is 0 Å². The Morgan fingerprint density at radius 2 is 2.36 bits per heavy atom. The second-order valence-electron chi connectivity index (χ2n) is 3.02. The second kappa shape index (κ2) is 3.53. The number of hydrogen-bond acceptors (Lipinski definition) is 2. The van der Waals surface area contributed by atoms with E-state index in [9.17, 15) is 4.79 Å². The van der Waals surface area contributed by atoms with Gasteiger partial charge in [-0.2, -0.15) is 0 Å². The van der Waals surface area contributed by atoms with Crippen molar-refractivity contribution in [3.8, 4) is 0 Å². The highest BCUT2D eigenvalue weighted by molar-refractivity contribution is 9.10. The van der Waals surface area contributed by atoms with E-state index in [1.807, 2.05) is 19.1 Å². The van der Waals surface area contributed by atoms with Crippen molar-refractivity contribution in [3.63, 3.8) is 0 Å². The van der Waals surface area contributed by atoms with Crippen LogP contribution in [0.5, 0.6) is 0 Å². The molecule has 72 valence electrons. The van der Waals surface area contributed by atoms with Crippen LogP contribution in [-0.4, -0.2) is 9.97 Å². The topological polar surface area (TPSA) is 45.8 Å². The first-order valence-corrected chi connectivity index (χ1v) is 5.18. The number of pyridine rings is 2. The van der Waals surface area contributed by atoms with Gasteiger partial charge in [-0.15, -0.1) is 0 Å². The zero-order valence-corrected chi connectivity index (χ0v) is 9.26. The summed E-state index contributed by atoms with van der Waals surface area (Å²) in [6.07, 6.45) is 2.57. The van der Waals surface area contributed by atoms with Gasteiger partial charge in [-0.25, -0.2) is 0 Å². The molecule has 0 aromatic carbocycles. The smallest absolute Gasteiger partial charge is 0.262 e. The highest BCUT2D eigenvalue weighted by Crippen LogP contribution is 2.16. The third-order valence-corrected chi connectivity index (χ3v) is 2.73. The molecule has 1 N–H and O–H groups in total. The highest BCUT2D eigenvalue weighted by Gasteiger charge is 2.03. The van der Waals surface area contributed by atoms with E-state index in [0.29, 0.717) is 4.47 Å². The third-order valence-electron chi connectivity index (χ3n) is 2.14. The number of halogens is 1. The van der Waals surface area contributed by atoms with E-state index in [-0.39, 0.29) is 5.56 Å². The molecule has 0 bridgehead atoms.